The maximum Gasteiger partial charge on any atom is 0.261 e. The Kier molecular flexibility index (Phi) is 6.12. The number of aryl methyl sites for hydroxylation is 2. The highest BCUT2D eigenvalue weighted by molar-refractivity contribution is 7.14. The van der Waals surface area contributed by atoms with Crippen LogP contribution in [-0.4, -0.2) is 25.0 Å². The second-order valence-corrected chi connectivity index (χ2v) is 5.70. The highest BCUT2D eigenvalue weighted by Gasteiger charge is 2.18. The van der Waals surface area contributed by atoms with Gasteiger partial charge in [-0.2, -0.15) is 0 Å². The van der Waals surface area contributed by atoms with Gasteiger partial charge >= 0.3 is 0 Å². The standard InChI is InChI=1S/C13H20N2OS.ClH/c1-3-11-9(2)8-12(17-11)13(16)15-10-4-6-14-7-5-10;/h8,10,14H,3-7H2,1-2H3,(H,15,16);1H. The van der Waals surface area contributed by atoms with Crippen LogP contribution in [0.5, 0.6) is 0 Å². The first-order valence-corrected chi connectivity index (χ1v) is 7.13. The molecule has 0 aliphatic carbocycles. The molecule has 1 saturated heterocycles. The molecule has 1 aromatic heterocycles. The SMILES string of the molecule is CCc1sc(C(=O)NC2CCNCC2)cc1C.Cl. The molecule has 0 radical (unpaired) electrons. The minimum Gasteiger partial charge on any atom is -0.349 e. The van der Waals surface area contributed by atoms with Crippen molar-refractivity contribution in [1.29, 1.82) is 0 Å². The number of piperidine rings is 1. The zero-order valence-corrected chi connectivity index (χ0v) is 12.5. The van der Waals surface area contributed by atoms with Gasteiger partial charge in [-0.05, 0) is 50.9 Å². The van der Waals surface area contributed by atoms with E-state index in [0.29, 0.717) is 6.04 Å². The smallest absolute Gasteiger partial charge is 0.261 e. The second kappa shape index (κ2) is 7.12. The Morgan fingerprint density at radius 1 is 1.50 bits per heavy atom. The van der Waals surface area contributed by atoms with E-state index in [1.165, 1.54) is 10.4 Å². The van der Waals surface area contributed by atoms with E-state index in [-0.39, 0.29) is 18.3 Å². The quantitative estimate of drug-likeness (QED) is 0.897. The lowest BCUT2D eigenvalue weighted by Crippen LogP contribution is -2.42. The molecule has 2 N–H and O–H groups in total. The topological polar surface area (TPSA) is 41.1 Å². The third-order valence-corrected chi connectivity index (χ3v) is 4.62. The largest absolute Gasteiger partial charge is 0.349 e. The van der Waals surface area contributed by atoms with Crippen molar-refractivity contribution in [2.45, 2.75) is 39.2 Å². The first-order chi connectivity index (χ1) is 8.20. The first-order valence-electron chi connectivity index (χ1n) is 6.31. The Bertz CT molecular complexity index is 400. The third kappa shape index (κ3) is 3.70. The van der Waals surface area contributed by atoms with Crippen molar-refractivity contribution in [2.75, 3.05) is 13.1 Å². The Morgan fingerprint density at radius 2 is 2.17 bits per heavy atom. The van der Waals surface area contributed by atoms with Crippen molar-refractivity contribution < 1.29 is 4.79 Å². The molecule has 0 aromatic carbocycles. The molecule has 5 heteroatoms. The predicted molar refractivity (Wildman–Crippen MR) is 79.0 cm³/mol. The predicted octanol–water partition coefficient (Wildman–Crippen LogP) is 2.52. The molecule has 1 aliphatic heterocycles. The van der Waals surface area contributed by atoms with Gasteiger partial charge in [0.25, 0.3) is 5.91 Å². The van der Waals surface area contributed by atoms with Gasteiger partial charge in [0.15, 0.2) is 0 Å². The number of rotatable bonds is 3. The zero-order valence-electron chi connectivity index (χ0n) is 10.9. The summed E-state index contributed by atoms with van der Waals surface area (Å²) in [6.45, 7) is 6.23. The van der Waals surface area contributed by atoms with Gasteiger partial charge in [-0.15, -0.1) is 23.7 Å². The zero-order chi connectivity index (χ0) is 12.3. The minimum absolute atomic E-state index is 0. The average Bonchev–Trinajstić information content (AvgIpc) is 2.72. The average molecular weight is 289 g/mol. The molecule has 0 spiro atoms. The van der Waals surface area contributed by atoms with Gasteiger partial charge in [0.2, 0.25) is 0 Å². The summed E-state index contributed by atoms with van der Waals surface area (Å²) in [7, 11) is 0. The lowest BCUT2D eigenvalue weighted by Gasteiger charge is -2.23. The van der Waals surface area contributed by atoms with Crippen molar-refractivity contribution in [3.63, 3.8) is 0 Å². The summed E-state index contributed by atoms with van der Waals surface area (Å²) in [6.07, 6.45) is 3.09. The third-order valence-electron chi connectivity index (χ3n) is 3.24. The number of amides is 1. The van der Waals surface area contributed by atoms with E-state index in [1.54, 1.807) is 11.3 Å². The number of hydrogen-bond donors (Lipinski definition) is 2. The molecule has 0 atom stereocenters. The summed E-state index contributed by atoms with van der Waals surface area (Å²) >= 11 is 1.63. The van der Waals surface area contributed by atoms with Crippen molar-refractivity contribution in [1.82, 2.24) is 10.6 Å². The highest BCUT2D eigenvalue weighted by atomic mass is 35.5. The molecule has 102 valence electrons. The van der Waals surface area contributed by atoms with Crippen LogP contribution in [-0.2, 0) is 6.42 Å². The Hall–Kier alpha value is -0.580. The summed E-state index contributed by atoms with van der Waals surface area (Å²) in [5, 5.41) is 6.43. The highest BCUT2D eigenvalue weighted by Crippen LogP contribution is 2.22. The minimum atomic E-state index is 0. The Morgan fingerprint density at radius 3 is 2.72 bits per heavy atom. The number of carbonyl (C=O) groups is 1. The molecular weight excluding hydrogens is 268 g/mol. The molecule has 2 rings (SSSR count). The number of thiophene rings is 1. The lowest BCUT2D eigenvalue weighted by atomic mass is 10.1. The normalized spacial score (nSPS) is 16.1. The van der Waals surface area contributed by atoms with E-state index >= 15 is 0 Å². The molecule has 1 fully saturated rings. The van der Waals surface area contributed by atoms with Crippen molar-refractivity contribution in [2.24, 2.45) is 0 Å². The van der Waals surface area contributed by atoms with Crippen molar-refractivity contribution in [3.05, 3.63) is 21.4 Å². The fraction of sp³-hybridized carbons (Fsp3) is 0.615. The van der Waals surface area contributed by atoms with Crippen LogP contribution in [0.15, 0.2) is 6.07 Å². The number of nitrogens with one attached hydrogen (secondary N) is 2. The summed E-state index contributed by atoms with van der Waals surface area (Å²) < 4.78 is 0. The fourth-order valence-electron chi connectivity index (χ4n) is 2.21. The molecular formula is C13H21ClN2OS. The van der Waals surface area contributed by atoms with Gasteiger partial charge in [-0.1, -0.05) is 6.92 Å². The van der Waals surface area contributed by atoms with Crippen LogP contribution in [0.4, 0.5) is 0 Å². The van der Waals surface area contributed by atoms with Crippen LogP contribution >= 0.6 is 23.7 Å². The van der Waals surface area contributed by atoms with E-state index < -0.39 is 0 Å². The Balaban J connectivity index is 0.00000162. The molecule has 1 aliphatic rings. The number of hydrogen-bond acceptors (Lipinski definition) is 3. The molecule has 0 saturated carbocycles. The Labute approximate surface area is 119 Å². The van der Waals surface area contributed by atoms with Crippen molar-refractivity contribution in [3.8, 4) is 0 Å². The number of halogens is 1. The van der Waals surface area contributed by atoms with Crippen molar-refractivity contribution >= 4 is 29.7 Å². The van der Waals surface area contributed by atoms with Crippen LogP contribution in [0, 0.1) is 6.92 Å². The monoisotopic (exact) mass is 288 g/mol. The molecule has 0 bridgehead atoms. The fourth-order valence-corrected chi connectivity index (χ4v) is 3.22. The van der Waals surface area contributed by atoms with Gasteiger partial charge in [0, 0.05) is 10.9 Å². The molecule has 0 unspecified atom stereocenters. The van der Waals surface area contributed by atoms with Crippen LogP contribution in [0.1, 0.15) is 39.9 Å². The summed E-state index contributed by atoms with van der Waals surface area (Å²) in [5.74, 6) is 0.102. The van der Waals surface area contributed by atoms with E-state index in [9.17, 15) is 4.79 Å². The molecule has 2 heterocycles. The first kappa shape index (κ1) is 15.5. The van der Waals surface area contributed by atoms with Crippen LogP contribution < -0.4 is 10.6 Å². The van der Waals surface area contributed by atoms with Crippen LogP contribution in [0.2, 0.25) is 0 Å². The summed E-state index contributed by atoms with van der Waals surface area (Å²) in [6, 6.07) is 2.36. The van der Waals surface area contributed by atoms with Crippen LogP contribution in [0.25, 0.3) is 0 Å². The van der Waals surface area contributed by atoms with Crippen LogP contribution in [0.3, 0.4) is 0 Å². The van der Waals surface area contributed by atoms with E-state index in [4.69, 9.17) is 0 Å². The maximum absolute atomic E-state index is 12.1. The van der Waals surface area contributed by atoms with E-state index in [1.807, 2.05) is 6.07 Å². The molecule has 3 nitrogen and oxygen atoms in total. The van der Waals surface area contributed by atoms with E-state index in [2.05, 4.69) is 24.5 Å². The maximum atomic E-state index is 12.1. The number of carbonyl (C=O) groups excluding carboxylic acids is 1. The van der Waals surface area contributed by atoms with Gasteiger partial charge < -0.3 is 10.6 Å². The second-order valence-electron chi connectivity index (χ2n) is 4.57. The van der Waals surface area contributed by atoms with Gasteiger partial charge in [0.05, 0.1) is 4.88 Å². The van der Waals surface area contributed by atoms with Gasteiger partial charge in [-0.25, -0.2) is 0 Å². The van der Waals surface area contributed by atoms with Gasteiger partial charge in [-0.3, -0.25) is 4.79 Å². The molecule has 1 aromatic rings. The van der Waals surface area contributed by atoms with E-state index in [0.717, 1.165) is 37.2 Å². The lowest BCUT2D eigenvalue weighted by molar-refractivity contribution is 0.0933. The summed E-state index contributed by atoms with van der Waals surface area (Å²) in [4.78, 5) is 14.3. The van der Waals surface area contributed by atoms with Gasteiger partial charge in [0.1, 0.15) is 0 Å². The summed E-state index contributed by atoms with van der Waals surface area (Å²) in [5.41, 5.74) is 1.24. The molecule has 1 amide bonds. The molecule has 18 heavy (non-hydrogen) atoms.